The zero-order valence-corrected chi connectivity index (χ0v) is 16.0. The van der Waals surface area contributed by atoms with Crippen LogP contribution in [0.3, 0.4) is 0 Å². The van der Waals surface area contributed by atoms with E-state index in [2.05, 4.69) is 6.92 Å². The Morgan fingerprint density at radius 3 is 2.69 bits per heavy atom. The Morgan fingerprint density at radius 2 is 2.04 bits per heavy atom. The number of fused-ring (bicyclic) bond motifs is 4. The maximum absolute atomic E-state index is 12.4. The van der Waals surface area contributed by atoms with Crippen molar-refractivity contribution in [3.63, 3.8) is 0 Å². The molecule has 6 heteroatoms. The molecule has 0 spiro atoms. The minimum Gasteiger partial charge on any atom is -0.462 e. The molecule has 2 heterocycles. The lowest BCUT2D eigenvalue weighted by Gasteiger charge is -2.44. The van der Waals surface area contributed by atoms with Crippen LogP contribution in [-0.4, -0.2) is 47.6 Å². The van der Waals surface area contributed by atoms with E-state index >= 15 is 0 Å². The molecule has 1 N–H and O–H groups in total. The highest BCUT2D eigenvalue weighted by Crippen LogP contribution is 2.64. The van der Waals surface area contributed by atoms with E-state index in [4.69, 9.17) is 14.2 Å². The number of allylic oxidation sites excluding steroid dienone is 1. The van der Waals surface area contributed by atoms with Crippen LogP contribution >= 0.6 is 0 Å². The zero-order chi connectivity index (χ0) is 19.0. The molecular weight excluding hydrogens is 336 g/mol. The fraction of sp³-hybridized carbons (Fsp3) is 0.800. The van der Waals surface area contributed by atoms with E-state index < -0.39 is 17.6 Å². The number of esters is 2. The summed E-state index contributed by atoms with van der Waals surface area (Å²) in [6.45, 7) is 9.45. The van der Waals surface area contributed by atoms with Crippen molar-refractivity contribution in [3.8, 4) is 0 Å². The van der Waals surface area contributed by atoms with Crippen molar-refractivity contribution in [2.24, 2.45) is 29.1 Å². The van der Waals surface area contributed by atoms with E-state index in [1.54, 1.807) is 19.9 Å². The molecule has 0 bridgehead atoms. The normalized spacial score (nSPS) is 52.5. The molecule has 0 aromatic rings. The van der Waals surface area contributed by atoms with E-state index in [0.29, 0.717) is 12.0 Å². The van der Waals surface area contributed by atoms with Crippen LogP contribution in [0.5, 0.6) is 0 Å². The first-order valence-corrected chi connectivity index (χ1v) is 9.59. The molecule has 4 aliphatic rings. The third kappa shape index (κ3) is 2.24. The number of carbonyl (C=O) groups is 2. The van der Waals surface area contributed by atoms with Gasteiger partial charge < -0.3 is 19.3 Å². The van der Waals surface area contributed by atoms with Crippen molar-refractivity contribution >= 4 is 11.9 Å². The number of hydrogen-bond acceptors (Lipinski definition) is 6. The molecule has 6 nitrogen and oxygen atoms in total. The molecule has 2 aliphatic carbocycles. The number of epoxide rings is 1. The molecule has 2 saturated heterocycles. The topological polar surface area (TPSA) is 85.4 Å². The van der Waals surface area contributed by atoms with E-state index in [1.807, 2.05) is 13.8 Å². The lowest BCUT2D eigenvalue weighted by molar-refractivity contribution is -0.172. The van der Waals surface area contributed by atoms with Gasteiger partial charge in [0.1, 0.15) is 18.3 Å². The lowest BCUT2D eigenvalue weighted by Crippen LogP contribution is -2.53. The van der Waals surface area contributed by atoms with Gasteiger partial charge in [0.15, 0.2) is 0 Å². The largest absolute Gasteiger partial charge is 0.462 e. The summed E-state index contributed by atoms with van der Waals surface area (Å²) in [4.78, 5) is 24.5. The first-order chi connectivity index (χ1) is 12.2. The molecule has 26 heavy (non-hydrogen) atoms. The van der Waals surface area contributed by atoms with Gasteiger partial charge in [0.25, 0.3) is 0 Å². The number of aliphatic hydroxyl groups is 1. The Bertz CT molecular complexity index is 671. The molecule has 2 saturated carbocycles. The van der Waals surface area contributed by atoms with Crippen molar-refractivity contribution in [1.82, 2.24) is 0 Å². The van der Waals surface area contributed by atoms with Gasteiger partial charge in [-0.2, -0.15) is 0 Å². The third-order valence-corrected chi connectivity index (χ3v) is 7.40. The predicted molar refractivity (Wildman–Crippen MR) is 91.9 cm³/mol. The minimum absolute atomic E-state index is 0.00167. The van der Waals surface area contributed by atoms with E-state index in [0.717, 1.165) is 0 Å². The average Bonchev–Trinajstić information content (AvgIpc) is 3.26. The Hall–Kier alpha value is -1.40. The highest BCUT2D eigenvalue weighted by Gasteiger charge is 2.75. The van der Waals surface area contributed by atoms with Crippen LogP contribution in [0.2, 0.25) is 0 Å². The van der Waals surface area contributed by atoms with Crippen molar-refractivity contribution in [2.75, 3.05) is 0 Å². The number of ether oxygens (including phenoxy) is 3. The third-order valence-electron chi connectivity index (χ3n) is 7.40. The average molecular weight is 364 g/mol. The smallest absolute Gasteiger partial charge is 0.333 e. The van der Waals surface area contributed by atoms with Gasteiger partial charge in [-0.1, -0.05) is 26.8 Å². The molecule has 4 fully saturated rings. The highest BCUT2D eigenvalue weighted by molar-refractivity contribution is 5.87. The molecular formula is C20H28O6. The van der Waals surface area contributed by atoms with Crippen molar-refractivity contribution < 1.29 is 28.9 Å². The van der Waals surface area contributed by atoms with Crippen LogP contribution in [0.25, 0.3) is 0 Å². The van der Waals surface area contributed by atoms with Crippen LogP contribution in [0, 0.1) is 29.1 Å². The second-order valence-electron chi connectivity index (χ2n) is 8.75. The molecule has 0 radical (unpaired) electrons. The summed E-state index contributed by atoms with van der Waals surface area (Å²) in [6.07, 6.45) is 0.674. The monoisotopic (exact) mass is 364 g/mol. The molecule has 4 rings (SSSR count). The van der Waals surface area contributed by atoms with Crippen LogP contribution in [-0.2, 0) is 23.8 Å². The Kier molecular flexibility index (Phi) is 4.01. The van der Waals surface area contributed by atoms with Crippen molar-refractivity contribution in [2.45, 2.75) is 71.6 Å². The Morgan fingerprint density at radius 1 is 1.35 bits per heavy atom. The SMILES string of the molecule is C/C=C(\C)C(=O)O[C@H]1[C@@H]2O[C@@H]2[C@H]2[C@H](C)C[C@H]3OC(=O)[C@@H](C)[C@@H]3[C@H](O)[C@@]21C. The van der Waals surface area contributed by atoms with Gasteiger partial charge in [0, 0.05) is 22.8 Å². The van der Waals surface area contributed by atoms with E-state index in [1.165, 1.54) is 0 Å². The zero-order valence-electron chi connectivity index (χ0n) is 16.0. The van der Waals surface area contributed by atoms with Crippen LogP contribution < -0.4 is 0 Å². The summed E-state index contributed by atoms with van der Waals surface area (Å²) in [7, 11) is 0. The molecule has 10 atom stereocenters. The molecule has 0 aromatic carbocycles. The van der Waals surface area contributed by atoms with Crippen molar-refractivity contribution in [3.05, 3.63) is 11.6 Å². The van der Waals surface area contributed by atoms with Gasteiger partial charge in [-0.25, -0.2) is 4.79 Å². The molecule has 0 aromatic heterocycles. The molecule has 2 aliphatic heterocycles. The summed E-state index contributed by atoms with van der Waals surface area (Å²) in [5, 5.41) is 11.4. The summed E-state index contributed by atoms with van der Waals surface area (Å²) in [5.41, 5.74) is -0.116. The molecule has 0 amide bonds. The second kappa shape index (κ2) is 5.80. The number of rotatable bonds is 2. The fourth-order valence-electron chi connectivity index (χ4n) is 5.81. The minimum atomic E-state index is -0.788. The van der Waals surface area contributed by atoms with Gasteiger partial charge in [-0.15, -0.1) is 0 Å². The standard InChI is InChI=1S/C20H28O6/c1-6-8(2)18(22)26-17-15-14(25-15)13-9(3)7-11-12(10(4)19(23)24-11)16(21)20(13,17)5/h6,9-17,21H,7H2,1-5H3/b8-6+/t9-,10+,11-,12+,13-,14-,15-,16+,17+,20-/m1/s1. The first kappa shape index (κ1) is 18.0. The summed E-state index contributed by atoms with van der Waals surface area (Å²) in [5.74, 6) is -0.982. The summed E-state index contributed by atoms with van der Waals surface area (Å²) >= 11 is 0. The Labute approximate surface area is 153 Å². The highest BCUT2D eigenvalue weighted by atomic mass is 16.6. The predicted octanol–water partition coefficient (Wildman–Crippen LogP) is 1.85. The Balaban J connectivity index is 1.71. The first-order valence-electron chi connectivity index (χ1n) is 9.59. The van der Waals surface area contributed by atoms with Gasteiger partial charge in [-0.3, -0.25) is 4.79 Å². The van der Waals surface area contributed by atoms with Gasteiger partial charge in [0.05, 0.1) is 18.1 Å². The number of carbonyl (C=O) groups excluding carboxylic acids is 2. The summed E-state index contributed by atoms with van der Waals surface area (Å²) < 4.78 is 17.3. The van der Waals surface area contributed by atoms with E-state index in [-0.39, 0.29) is 53.9 Å². The maximum Gasteiger partial charge on any atom is 0.333 e. The van der Waals surface area contributed by atoms with Crippen LogP contribution in [0.1, 0.15) is 41.0 Å². The fourth-order valence-corrected chi connectivity index (χ4v) is 5.81. The summed E-state index contributed by atoms with van der Waals surface area (Å²) in [6, 6.07) is 0. The van der Waals surface area contributed by atoms with Gasteiger partial charge in [-0.05, 0) is 26.2 Å². The number of aliphatic hydroxyl groups excluding tert-OH is 1. The number of hydrogen-bond donors (Lipinski definition) is 1. The second-order valence-corrected chi connectivity index (χ2v) is 8.75. The van der Waals surface area contributed by atoms with Crippen LogP contribution in [0.4, 0.5) is 0 Å². The van der Waals surface area contributed by atoms with E-state index in [9.17, 15) is 14.7 Å². The van der Waals surface area contributed by atoms with Crippen molar-refractivity contribution in [1.29, 1.82) is 0 Å². The van der Waals surface area contributed by atoms with Crippen LogP contribution in [0.15, 0.2) is 11.6 Å². The molecule has 0 unspecified atom stereocenters. The van der Waals surface area contributed by atoms with Gasteiger partial charge >= 0.3 is 11.9 Å². The van der Waals surface area contributed by atoms with Gasteiger partial charge in [0.2, 0.25) is 0 Å². The maximum atomic E-state index is 12.4. The quantitative estimate of drug-likeness (QED) is 0.457. The lowest BCUT2D eigenvalue weighted by atomic mass is 9.66. The molecule has 144 valence electrons.